The van der Waals surface area contributed by atoms with E-state index in [4.69, 9.17) is 5.11 Å². The van der Waals surface area contributed by atoms with Crippen molar-refractivity contribution in [3.05, 3.63) is 35.9 Å². The highest BCUT2D eigenvalue weighted by Gasteiger charge is 2.27. The third kappa shape index (κ3) is 4.06. The van der Waals surface area contributed by atoms with Crippen LogP contribution in [0.3, 0.4) is 0 Å². The van der Waals surface area contributed by atoms with Gasteiger partial charge in [-0.1, -0.05) is 30.3 Å². The maximum Gasteiger partial charge on any atom is 0.307 e. The van der Waals surface area contributed by atoms with Crippen LogP contribution in [0.5, 0.6) is 0 Å². The standard InChI is InChI=1S/C14H18N2O3/c17-13(6-10-4-2-1-3-5-10)16-12-7-11(14(18)19)8-15-9-12/h1-5,11-12,15H,6-9H2,(H,16,17)(H,18,19)/t11-,12+/m1/s1. The molecule has 1 aromatic rings. The fraction of sp³-hybridized carbons (Fsp3) is 0.429. The lowest BCUT2D eigenvalue weighted by atomic mass is 9.96. The Hall–Kier alpha value is -1.88. The van der Waals surface area contributed by atoms with Crippen LogP contribution in [0.4, 0.5) is 0 Å². The third-order valence-electron chi connectivity index (χ3n) is 3.27. The van der Waals surface area contributed by atoms with Crippen molar-refractivity contribution in [2.24, 2.45) is 5.92 Å². The van der Waals surface area contributed by atoms with Crippen molar-refractivity contribution in [2.75, 3.05) is 13.1 Å². The van der Waals surface area contributed by atoms with Gasteiger partial charge in [-0.05, 0) is 12.0 Å². The fourth-order valence-electron chi connectivity index (χ4n) is 2.30. The molecule has 0 bridgehead atoms. The molecule has 2 rings (SSSR count). The minimum atomic E-state index is -0.811. The molecule has 0 radical (unpaired) electrons. The molecule has 0 aliphatic carbocycles. The summed E-state index contributed by atoms with van der Waals surface area (Å²) in [6, 6.07) is 9.39. The number of aliphatic carboxylic acids is 1. The normalized spacial score (nSPS) is 22.7. The summed E-state index contributed by atoms with van der Waals surface area (Å²) in [6.45, 7) is 1.10. The average molecular weight is 262 g/mol. The lowest BCUT2D eigenvalue weighted by molar-refractivity contribution is -0.142. The highest BCUT2D eigenvalue weighted by atomic mass is 16.4. The topological polar surface area (TPSA) is 78.4 Å². The largest absolute Gasteiger partial charge is 0.481 e. The number of carbonyl (C=O) groups excluding carboxylic acids is 1. The molecule has 0 saturated carbocycles. The molecule has 1 aliphatic rings. The second-order valence-electron chi connectivity index (χ2n) is 4.86. The van der Waals surface area contributed by atoms with Gasteiger partial charge in [0, 0.05) is 19.1 Å². The van der Waals surface area contributed by atoms with Crippen LogP contribution in [0.15, 0.2) is 30.3 Å². The summed E-state index contributed by atoms with van der Waals surface area (Å²) in [4.78, 5) is 22.8. The van der Waals surface area contributed by atoms with Gasteiger partial charge in [0.1, 0.15) is 0 Å². The van der Waals surface area contributed by atoms with E-state index in [0.717, 1.165) is 5.56 Å². The van der Waals surface area contributed by atoms with Gasteiger partial charge in [-0.25, -0.2) is 0 Å². The van der Waals surface area contributed by atoms with Crippen LogP contribution in [0, 0.1) is 5.92 Å². The van der Waals surface area contributed by atoms with Gasteiger partial charge in [0.15, 0.2) is 0 Å². The molecule has 102 valence electrons. The number of carboxylic acid groups (broad SMARTS) is 1. The molecule has 1 aromatic carbocycles. The molecule has 2 atom stereocenters. The van der Waals surface area contributed by atoms with Crippen molar-refractivity contribution < 1.29 is 14.7 Å². The molecule has 5 nitrogen and oxygen atoms in total. The van der Waals surface area contributed by atoms with E-state index < -0.39 is 11.9 Å². The predicted molar refractivity (Wildman–Crippen MR) is 70.7 cm³/mol. The Kier molecular flexibility index (Phi) is 4.52. The molecule has 1 saturated heterocycles. The van der Waals surface area contributed by atoms with E-state index in [1.165, 1.54) is 0 Å². The van der Waals surface area contributed by atoms with Crippen molar-refractivity contribution in [1.82, 2.24) is 10.6 Å². The number of benzene rings is 1. The zero-order valence-corrected chi connectivity index (χ0v) is 10.6. The van der Waals surface area contributed by atoms with Gasteiger partial charge in [0.25, 0.3) is 0 Å². The number of hydrogen-bond acceptors (Lipinski definition) is 3. The van der Waals surface area contributed by atoms with Crippen molar-refractivity contribution in [2.45, 2.75) is 18.9 Å². The maximum absolute atomic E-state index is 11.9. The molecule has 1 aliphatic heterocycles. The van der Waals surface area contributed by atoms with Crippen molar-refractivity contribution in [3.8, 4) is 0 Å². The summed E-state index contributed by atoms with van der Waals surface area (Å²) in [5, 5.41) is 14.9. The molecular weight excluding hydrogens is 244 g/mol. The Morgan fingerprint density at radius 2 is 2.00 bits per heavy atom. The van der Waals surface area contributed by atoms with E-state index in [0.29, 0.717) is 25.9 Å². The molecule has 5 heteroatoms. The third-order valence-corrected chi connectivity index (χ3v) is 3.27. The molecule has 1 fully saturated rings. The van der Waals surface area contributed by atoms with Gasteiger partial charge in [-0.15, -0.1) is 0 Å². The number of nitrogens with one attached hydrogen (secondary N) is 2. The van der Waals surface area contributed by atoms with Crippen LogP contribution in [0.2, 0.25) is 0 Å². The van der Waals surface area contributed by atoms with E-state index in [1.54, 1.807) is 0 Å². The molecule has 0 aromatic heterocycles. The quantitative estimate of drug-likeness (QED) is 0.734. The van der Waals surface area contributed by atoms with Gasteiger partial charge in [-0.3, -0.25) is 9.59 Å². The van der Waals surface area contributed by atoms with Crippen molar-refractivity contribution in [1.29, 1.82) is 0 Å². The second kappa shape index (κ2) is 6.33. The Morgan fingerprint density at radius 1 is 1.26 bits per heavy atom. The Balaban J connectivity index is 1.83. The highest BCUT2D eigenvalue weighted by molar-refractivity contribution is 5.79. The molecule has 1 heterocycles. The first-order valence-corrected chi connectivity index (χ1v) is 6.42. The van der Waals surface area contributed by atoms with Gasteiger partial charge in [-0.2, -0.15) is 0 Å². The first kappa shape index (κ1) is 13.5. The number of hydrogen-bond donors (Lipinski definition) is 3. The van der Waals surface area contributed by atoms with E-state index >= 15 is 0 Å². The second-order valence-corrected chi connectivity index (χ2v) is 4.86. The average Bonchev–Trinajstić information content (AvgIpc) is 2.40. The monoisotopic (exact) mass is 262 g/mol. The van der Waals surface area contributed by atoms with Crippen molar-refractivity contribution >= 4 is 11.9 Å². The lowest BCUT2D eigenvalue weighted by Gasteiger charge is -2.28. The molecule has 0 unspecified atom stereocenters. The molecule has 0 spiro atoms. The lowest BCUT2D eigenvalue weighted by Crippen LogP contribution is -2.50. The summed E-state index contributed by atoms with van der Waals surface area (Å²) in [6.07, 6.45) is 0.817. The minimum absolute atomic E-state index is 0.0657. The fourth-order valence-corrected chi connectivity index (χ4v) is 2.30. The van der Waals surface area contributed by atoms with Crippen LogP contribution in [-0.4, -0.2) is 36.1 Å². The van der Waals surface area contributed by atoms with Gasteiger partial charge in [0.05, 0.1) is 12.3 Å². The van der Waals surface area contributed by atoms with Crippen LogP contribution in [0.1, 0.15) is 12.0 Å². The Morgan fingerprint density at radius 3 is 2.68 bits per heavy atom. The number of piperidine rings is 1. The number of carbonyl (C=O) groups is 2. The molecule has 3 N–H and O–H groups in total. The number of rotatable bonds is 4. The summed E-state index contributed by atoms with van der Waals surface area (Å²) in [7, 11) is 0. The maximum atomic E-state index is 11.9. The van der Waals surface area contributed by atoms with Crippen LogP contribution < -0.4 is 10.6 Å². The van der Waals surface area contributed by atoms with Crippen molar-refractivity contribution in [3.63, 3.8) is 0 Å². The molecular formula is C14H18N2O3. The minimum Gasteiger partial charge on any atom is -0.481 e. The van der Waals surface area contributed by atoms with E-state index in [1.807, 2.05) is 30.3 Å². The summed E-state index contributed by atoms with van der Waals surface area (Å²) in [5.74, 6) is -1.30. The van der Waals surface area contributed by atoms with Gasteiger partial charge in [0.2, 0.25) is 5.91 Å². The number of carboxylic acids is 1. The van der Waals surface area contributed by atoms with E-state index in [2.05, 4.69) is 10.6 Å². The highest BCUT2D eigenvalue weighted by Crippen LogP contribution is 2.11. The van der Waals surface area contributed by atoms with Gasteiger partial charge >= 0.3 is 5.97 Å². The molecule has 1 amide bonds. The zero-order valence-electron chi connectivity index (χ0n) is 10.6. The van der Waals surface area contributed by atoms with E-state index in [9.17, 15) is 9.59 Å². The summed E-state index contributed by atoms with van der Waals surface area (Å²) >= 11 is 0. The van der Waals surface area contributed by atoms with Crippen LogP contribution >= 0.6 is 0 Å². The van der Waals surface area contributed by atoms with E-state index in [-0.39, 0.29) is 11.9 Å². The van der Waals surface area contributed by atoms with Crippen LogP contribution in [-0.2, 0) is 16.0 Å². The Labute approximate surface area is 112 Å². The Bertz CT molecular complexity index is 447. The smallest absolute Gasteiger partial charge is 0.307 e. The SMILES string of the molecule is O=C(Cc1ccccc1)N[C@@H]1CNC[C@H](C(=O)O)C1. The first-order chi connectivity index (χ1) is 9.15. The first-order valence-electron chi connectivity index (χ1n) is 6.42. The molecule has 19 heavy (non-hydrogen) atoms. The summed E-state index contributed by atoms with van der Waals surface area (Å²) in [5.41, 5.74) is 0.957. The predicted octanol–water partition coefficient (Wildman–Crippen LogP) is 0.408. The summed E-state index contributed by atoms with van der Waals surface area (Å²) < 4.78 is 0. The number of amides is 1. The zero-order chi connectivity index (χ0) is 13.7. The van der Waals surface area contributed by atoms with Gasteiger partial charge < -0.3 is 15.7 Å². The van der Waals surface area contributed by atoms with Crippen LogP contribution in [0.25, 0.3) is 0 Å².